The first-order chi connectivity index (χ1) is 9.78. The molecular formula is C12H18N4O5. The van der Waals surface area contributed by atoms with Crippen molar-refractivity contribution in [3.05, 3.63) is 12.0 Å². The molecule has 116 valence electrons. The largest absolute Gasteiger partial charge is 0.387 e. The molecule has 9 nitrogen and oxygen atoms in total. The van der Waals surface area contributed by atoms with Crippen LogP contribution in [-0.4, -0.2) is 51.0 Å². The van der Waals surface area contributed by atoms with Gasteiger partial charge in [-0.25, -0.2) is 4.98 Å². The van der Waals surface area contributed by atoms with Gasteiger partial charge in [-0.3, -0.25) is 4.79 Å². The van der Waals surface area contributed by atoms with Gasteiger partial charge in [-0.1, -0.05) is 0 Å². The van der Waals surface area contributed by atoms with Gasteiger partial charge in [0.15, 0.2) is 17.8 Å². The lowest BCUT2D eigenvalue weighted by Crippen LogP contribution is -2.36. The van der Waals surface area contributed by atoms with E-state index >= 15 is 0 Å². The summed E-state index contributed by atoms with van der Waals surface area (Å²) in [4.78, 5) is 15.0. The van der Waals surface area contributed by atoms with Crippen LogP contribution >= 0.6 is 0 Å². The Kier molecular flexibility index (Phi) is 3.17. The maximum Gasteiger partial charge on any atom is 0.271 e. The second-order valence-electron chi connectivity index (χ2n) is 5.63. The van der Waals surface area contributed by atoms with Crippen LogP contribution in [0.5, 0.6) is 0 Å². The molecule has 1 amide bonds. The normalized spacial score (nSPS) is 34.0. The number of carbonyl (C=O) groups excluding carboxylic acids is 1. The number of amides is 1. The van der Waals surface area contributed by atoms with Crippen molar-refractivity contribution in [2.24, 2.45) is 5.73 Å². The van der Waals surface area contributed by atoms with Gasteiger partial charge in [0.1, 0.15) is 24.1 Å². The molecule has 21 heavy (non-hydrogen) atoms. The van der Waals surface area contributed by atoms with Crippen molar-refractivity contribution in [2.45, 2.75) is 50.8 Å². The summed E-state index contributed by atoms with van der Waals surface area (Å²) in [6.07, 6.45) is -1.24. The minimum absolute atomic E-state index is 0.00341. The van der Waals surface area contributed by atoms with E-state index in [9.17, 15) is 9.90 Å². The van der Waals surface area contributed by atoms with Crippen molar-refractivity contribution in [3.63, 3.8) is 0 Å². The summed E-state index contributed by atoms with van der Waals surface area (Å²) < 4.78 is 18.3. The SMILES string of the molecule is CC1(C)O[C@H]2O[C@H](Cn3cnc(C(N)=O)c3N)[C@@H](O)[C@H]2O1. The van der Waals surface area contributed by atoms with E-state index in [4.69, 9.17) is 25.7 Å². The molecule has 2 aliphatic heterocycles. The molecule has 3 heterocycles. The summed E-state index contributed by atoms with van der Waals surface area (Å²) in [6.45, 7) is 3.72. The minimum atomic E-state index is -0.865. The Balaban J connectivity index is 1.72. The number of fused-ring (bicyclic) bond motifs is 1. The standard InChI is InChI=1S/C12H18N4O5/c1-12(2)20-8-7(17)5(19-11(8)21-12)3-16-4-15-6(9(16)13)10(14)18/h4-5,7-8,11,17H,3,13H2,1-2H3,(H2,14,18)/t5-,7-,8-,11-/m1/s1. The van der Waals surface area contributed by atoms with E-state index in [1.54, 1.807) is 13.8 Å². The lowest BCUT2D eigenvalue weighted by atomic mass is 10.1. The van der Waals surface area contributed by atoms with Crippen molar-refractivity contribution in [2.75, 3.05) is 5.73 Å². The molecule has 0 aliphatic carbocycles. The Morgan fingerprint density at radius 1 is 1.52 bits per heavy atom. The molecule has 1 aromatic rings. The van der Waals surface area contributed by atoms with Gasteiger partial charge in [0.25, 0.3) is 5.91 Å². The van der Waals surface area contributed by atoms with Gasteiger partial charge in [-0.2, -0.15) is 0 Å². The molecule has 2 saturated heterocycles. The van der Waals surface area contributed by atoms with Gasteiger partial charge >= 0.3 is 0 Å². The Hall–Kier alpha value is -1.68. The number of hydrogen-bond donors (Lipinski definition) is 3. The third-order valence-corrected chi connectivity index (χ3v) is 3.60. The fraction of sp³-hybridized carbons (Fsp3) is 0.667. The number of aliphatic hydroxyl groups is 1. The number of aliphatic hydroxyl groups excluding tert-OH is 1. The highest BCUT2D eigenvalue weighted by molar-refractivity contribution is 5.95. The Labute approximate surface area is 120 Å². The van der Waals surface area contributed by atoms with Crippen molar-refractivity contribution in [1.29, 1.82) is 0 Å². The van der Waals surface area contributed by atoms with Gasteiger partial charge < -0.3 is 35.4 Å². The smallest absolute Gasteiger partial charge is 0.271 e. The minimum Gasteiger partial charge on any atom is -0.387 e. The third kappa shape index (κ3) is 2.38. The Morgan fingerprint density at radius 2 is 2.24 bits per heavy atom. The number of hydrogen-bond acceptors (Lipinski definition) is 7. The average molecular weight is 298 g/mol. The number of nitrogens with two attached hydrogens (primary N) is 2. The van der Waals surface area contributed by atoms with Crippen LogP contribution in [0.15, 0.2) is 6.33 Å². The number of ether oxygens (including phenoxy) is 3. The molecule has 0 saturated carbocycles. The molecule has 1 aromatic heterocycles. The van der Waals surface area contributed by atoms with Crippen LogP contribution in [-0.2, 0) is 20.8 Å². The zero-order valence-corrected chi connectivity index (χ0v) is 11.7. The summed E-state index contributed by atoms with van der Waals surface area (Å²) in [5.41, 5.74) is 10.9. The van der Waals surface area contributed by atoms with E-state index in [2.05, 4.69) is 4.98 Å². The van der Waals surface area contributed by atoms with Crippen molar-refractivity contribution in [1.82, 2.24) is 9.55 Å². The van der Waals surface area contributed by atoms with Crippen LogP contribution in [0.3, 0.4) is 0 Å². The monoisotopic (exact) mass is 298 g/mol. The van der Waals surface area contributed by atoms with Crippen LogP contribution in [0.25, 0.3) is 0 Å². The number of anilines is 1. The fourth-order valence-electron chi connectivity index (χ4n) is 2.63. The quantitative estimate of drug-likeness (QED) is 0.638. The molecule has 0 bridgehead atoms. The number of nitrogen functional groups attached to an aromatic ring is 1. The summed E-state index contributed by atoms with van der Waals surface area (Å²) in [7, 11) is 0. The van der Waals surface area contributed by atoms with Gasteiger partial charge in [-0.15, -0.1) is 0 Å². The van der Waals surface area contributed by atoms with Crippen molar-refractivity contribution >= 4 is 11.7 Å². The van der Waals surface area contributed by atoms with Crippen molar-refractivity contribution < 1.29 is 24.1 Å². The first-order valence-corrected chi connectivity index (χ1v) is 6.58. The Morgan fingerprint density at radius 3 is 2.81 bits per heavy atom. The van der Waals surface area contributed by atoms with Gasteiger partial charge in [0.05, 0.1) is 12.9 Å². The molecule has 4 atom stereocenters. The van der Waals surface area contributed by atoms with E-state index in [0.717, 1.165) is 0 Å². The molecular weight excluding hydrogens is 280 g/mol. The van der Waals surface area contributed by atoms with Gasteiger partial charge in [0.2, 0.25) is 0 Å². The molecule has 2 fully saturated rings. The first-order valence-electron chi connectivity index (χ1n) is 6.58. The highest BCUT2D eigenvalue weighted by atomic mass is 16.8. The lowest BCUT2D eigenvalue weighted by Gasteiger charge is -2.23. The van der Waals surface area contributed by atoms with Crippen molar-refractivity contribution in [3.8, 4) is 0 Å². The maximum atomic E-state index is 11.1. The number of carbonyl (C=O) groups is 1. The number of primary amides is 1. The summed E-state index contributed by atoms with van der Waals surface area (Å²) in [5, 5.41) is 10.3. The summed E-state index contributed by atoms with van der Waals surface area (Å²) in [5.74, 6) is -1.35. The Bertz CT molecular complexity index is 572. The summed E-state index contributed by atoms with van der Waals surface area (Å²) >= 11 is 0. The molecule has 9 heteroatoms. The molecule has 0 unspecified atom stereocenters. The zero-order chi connectivity index (χ0) is 15.4. The topological polar surface area (TPSA) is 135 Å². The van der Waals surface area contributed by atoms with Crippen LogP contribution in [0.1, 0.15) is 24.3 Å². The fourth-order valence-corrected chi connectivity index (χ4v) is 2.63. The predicted molar refractivity (Wildman–Crippen MR) is 69.9 cm³/mol. The summed E-state index contributed by atoms with van der Waals surface area (Å²) in [6, 6.07) is 0. The lowest BCUT2D eigenvalue weighted by molar-refractivity contribution is -0.216. The van der Waals surface area contributed by atoms with Crippen LogP contribution < -0.4 is 11.5 Å². The second-order valence-corrected chi connectivity index (χ2v) is 5.63. The highest BCUT2D eigenvalue weighted by Gasteiger charge is 2.54. The molecule has 5 N–H and O–H groups in total. The van der Waals surface area contributed by atoms with E-state index in [0.29, 0.717) is 0 Å². The van der Waals surface area contributed by atoms with Crippen LogP contribution in [0.2, 0.25) is 0 Å². The van der Waals surface area contributed by atoms with Crippen LogP contribution in [0, 0.1) is 0 Å². The third-order valence-electron chi connectivity index (χ3n) is 3.60. The van der Waals surface area contributed by atoms with Gasteiger partial charge in [0, 0.05) is 0 Å². The van der Waals surface area contributed by atoms with Gasteiger partial charge in [-0.05, 0) is 13.8 Å². The highest BCUT2D eigenvalue weighted by Crippen LogP contribution is 2.37. The number of imidazole rings is 1. The van der Waals surface area contributed by atoms with E-state index in [1.165, 1.54) is 10.9 Å². The predicted octanol–water partition coefficient (Wildman–Crippen LogP) is -1.20. The first kappa shape index (κ1) is 14.3. The molecule has 0 radical (unpaired) electrons. The number of nitrogens with zero attached hydrogens (tertiary/aromatic N) is 2. The van der Waals surface area contributed by atoms with Crippen LogP contribution in [0.4, 0.5) is 5.82 Å². The molecule has 3 rings (SSSR count). The number of rotatable bonds is 3. The molecule has 2 aliphatic rings. The second kappa shape index (κ2) is 4.67. The molecule has 0 spiro atoms. The van der Waals surface area contributed by atoms with E-state index in [1.807, 2.05) is 0 Å². The molecule has 0 aromatic carbocycles. The average Bonchev–Trinajstić information content (AvgIpc) is 2.96. The van der Waals surface area contributed by atoms with E-state index < -0.39 is 36.3 Å². The maximum absolute atomic E-state index is 11.1. The number of aromatic nitrogens is 2. The zero-order valence-electron chi connectivity index (χ0n) is 11.7. The van der Waals surface area contributed by atoms with E-state index in [-0.39, 0.29) is 18.1 Å².